The van der Waals surface area contributed by atoms with Crippen LogP contribution in [0, 0.1) is 12.7 Å². The van der Waals surface area contributed by atoms with Gasteiger partial charge in [0.15, 0.2) is 0 Å². The molecule has 4 rings (SSSR count). The average molecular weight is 393 g/mol. The molecule has 1 amide bonds. The van der Waals surface area contributed by atoms with Crippen molar-refractivity contribution in [1.82, 2.24) is 9.55 Å². The topological polar surface area (TPSA) is 64.0 Å². The SMILES string of the molecule is Cc1ccc(NC(=O)Cn2cnc3sc(-c4ccccc4)cc3c2=O)c(F)c1. The van der Waals surface area contributed by atoms with Gasteiger partial charge in [0.2, 0.25) is 5.91 Å². The Morgan fingerprint density at radius 3 is 2.71 bits per heavy atom. The Morgan fingerprint density at radius 1 is 1.18 bits per heavy atom. The van der Waals surface area contributed by atoms with E-state index in [-0.39, 0.29) is 17.8 Å². The third-order valence-electron chi connectivity index (χ3n) is 4.29. The Morgan fingerprint density at radius 2 is 1.96 bits per heavy atom. The number of carbonyl (C=O) groups excluding carboxylic acids is 1. The highest BCUT2D eigenvalue weighted by Crippen LogP contribution is 2.30. The molecule has 0 atom stereocenters. The molecule has 0 saturated heterocycles. The van der Waals surface area contributed by atoms with Crippen LogP contribution in [0.4, 0.5) is 10.1 Å². The van der Waals surface area contributed by atoms with E-state index in [2.05, 4.69) is 10.3 Å². The van der Waals surface area contributed by atoms with E-state index in [1.54, 1.807) is 19.1 Å². The Balaban J connectivity index is 1.59. The predicted molar refractivity (Wildman–Crippen MR) is 109 cm³/mol. The number of aromatic nitrogens is 2. The number of rotatable bonds is 4. The molecule has 0 radical (unpaired) electrons. The van der Waals surface area contributed by atoms with Gasteiger partial charge in [0.05, 0.1) is 17.4 Å². The van der Waals surface area contributed by atoms with Gasteiger partial charge in [0, 0.05) is 4.88 Å². The molecule has 1 N–H and O–H groups in total. The molecule has 0 aliphatic carbocycles. The zero-order chi connectivity index (χ0) is 19.7. The van der Waals surface area contributed by atoms with Crippen LogP contribution in [0.1, 0.15) is 5.56 Å². The first-order chi connectivity index (χ1) is 13.5. The number of hydrogen-bond donors (Lipinski definition) is 1. The molecule has 0 fully saturated rings. The van der Waals surface area contributed by atoms with E-state index in [1.165, 1.54) is 34.4 Å². The zero-order valence-corrected chi connectivity index (χ0v) is 15.8. The van der Waals surface area contributed by atoms with E-state index < -0.39 is 11.7 Å². The van der Waals surface area contributed by atoms with Crippen LogP contribution in [0.2, 0.25) is 0 Å². The summed E-state index contributed by atoms with van der Waals surface area (Å²) in [6, 6.07) is 16.1. The lowest BCUT2D eigenvalue weighted by Gasteiger charge is -2.08. The highest BCUT2D eigenvalue weighted by atomic mass is 32.1. The van der Waals surface area contributed by atoms with Crippen LogP contribution in [-0.2, 0) is 11.3 Å². The summed E-state index contributed by atoms with van der Waals surface area (Å²) in [5.41, 5.74) is 1.54. The van der Waals surface area contributed by atoms with Crippen molar-refractivity contribution in [3.8, 4) is 10.4 Å². The van der Waals surface area contributed by atoms with Crippen LogP contribution < -0.4 is 10.9 Å². The molecule has 7 heteroatoms. The normalized spacial score (nSPS) is 10.9. The molecule has 0 unspecified atom stereocenters. The minimum Gasteiger partial charge on any atom is -0.322 e. The Hall–Kier alpha value is -3.32. The van der Waals surface area contributed by atoms with E-state index in [9.17, 15) is 14.0 Å². The Kier molecular flexibility index (Phi) is 4.75. The number of benzene rings is 2. The van der Waals surface area contributed by atoms with Crippen molar-refractivity contribution in [3.63, 3.8) is 0 Å². The van der Waals surface area contributed by atoms with Gasteiger partial charge >= 0.3 is 0 Å². The van der Waals surface area contributed by atoms with Gasteiger partial charge in [-0.3, -0.25) is 14.2 Å². The molecule has 2 aromatic carbocycles. The van der Waals surface area contributed by atoms with Crippen molar-refractivity contribution < 1.29 is 9.18 Å². The maximum absolute atomic E-state index is 13.9. The highest BCUT2D eigenvalue weighted by molar-refractivity contribution is 7.21. The fourth-order valence-corrected chi connectivity index (χ4v) is 3.88. The largest absolute Gasteiger partial charge is 0.322 e. The molecule has 0 saturated carbocycles. The van der Waals surface area contributed by atoms with E-state index in [1.807, 2.05) is 30.3 Å². The minimum absolute atomic E-state index is 0.0829. The van der Waals surface area contributed by atoms with Crippen molar-refractivity contribution in [3.05, 3.63) is 82.7 Å². The quantitative estimate of drug-likeness (QED) is 0.565. The average Bonchev–Trinajstić information content (AvgIpc) is 3.12. The second-order valence-electron chi connectivity index (χ2n) is 6.40. The lowest BCUT2D eigenvalue weighted by atomic mass is 10.2. The van der Waals surface area contributed by atoms with Crippen LogP contribution in [-0.4, -0.2) is 15.5 Å². The third-order valence-corrected chi connectivity index (χ3v) is 5.38. The first kappa shape index (κ1) is 18.1. The van der Waals surface area contributed by atoms with Crippen molar-refractivity contribution >= 4 is 33.1 Å². The van der Waals surface area contributed by atoms with Crippen LogP contribution in [0.15, 0.2) is 65.7 Å². The van der Waals surface area contributed by atoms with E-state index in [0.717, 1.165) is 16.0 Å². The highest BCUT2D eigenvalue weighted by Gasteiger charge is 2.13. The second kappa shape index (κ2) is 7.36. The predicted octanol–water partition coefficient (Wildman–Crippen LogP) is 4.21. The summed E-state index contributed by atoms with van der Waals surface area (Å²) < 4.78 is 15.1. The van der Waals surface area contributed by atoms with Gasteiger partial charge in [-0.2, -0.15) is 0 Å². The Bertz CT molecular complexity index is 1230. The smallest absolute Gasteiger partial charge is 0.262 e. The van der Waals surface area contributed by atoms with Gasteiger partial charge in [-0.15, -0.1) is 11.3 Å². The summed E-state index contributed by atoms with van der Waals surface area (Å²) >= 11 is 1.42. The third kappa shape index (κ3) is 3.57. The molecule has 140 valence electrons. The van der Waals surface area contributed by atoms with Gasteiger partial charge in [-0.05, 0) is 36.2 Å². The molecular formula is C21H16FN3O2S. The zero-order valence-electron chi connectivity index (χ0n) is 15.0. The molecule has 0 aliphatic heterocycles. The van der Waals surface area contributed by atoms with Gasteiger partial charge in [0.1, 0.15) is 17.2 Å². The summed E-state index contributed by atoms with van der Waals surface area (Å²) in [5.74, 6) is -1.01. The number of aryl methyl sites for hydroxylation is 1. The number of fused-ring (bicyclic) bond motifs is 1. The molecule has 0 spiro atoms. The summed E-state index contributed by atoms with van der Waals surface area (Å²) in [6.07, 6.45) is 1.35. The molecule has 5 nitrogen and oxygen atoms in total. The molecular weight excluding hydrogens is 377 g/mol. The van der Waals surface area contributed by atoms with E-state index in [0.29, 0.717) is 10.2 Å². The van der Waals surface area contributed by atoms with Gasteiger partial charge < -0.3 is 5.32 Å². The minimum atomic E-state index is -0.514. The second-order valence-corrected chi connectivity index (χ2v) is 7.44. The van der Waals surface area contributed by atoms with Crippen LogP contribution in [0.25, 0.3) is 20.7 Å². The lowest BCUT2D eigenvalue weighted by molar-refractivity contribution is -0.116. The first-order valence-electron chi connectivity index (χ1n) is 8.61. The fraction of sp³-hybridized carbons (Fsp3) is 0.0952. The fourth-order valence-electron chi connectivity index (χ4n) is 2.88. The number of nitrogens with one attached hydrogen (secondary N) is 1. The monoisotopic (exact) mass is 393 g/mol. The summed E-state index contributed by atoms with van der Waals surface area (Å²) in [5, 5.41) is 2.95. The number of hydrogen-bond acceptors (Lipinski definition) is 4. The number of halogens is 1. The molecule has 2 heterocycles. The van der Waals surface area contributed by atoms with Crippen LogP contribution >= 0.6 is 11.3 Å². The van der Waals surface area contributed by atoms with Crippen LogP contribution in [0.3, 0.4) is 0 Å². The molecule has 4 aromatic rings. The summed E-state index contributed by atoms with van der Waals surface area (Å²) in [4.78, 5) is 30.9. The van der Waals surface area contributed by atoms with Crippen molar-refractivity contribution in [2.24, 2.45) is 0 Å². The van der Waals surface area contributed by atoms with Crippen LogP contribution in [0.5, 0.6) is 0 Å². The Labute approximate surface area is 164 Å². The van der Waals surface area contributed by atoms with E-state index >= 15 is 0 Å². The first-order valence-corrected chi connectivity index (χ1v) is 9.43. The number of nitrogens with zero attached hydrogens (tertiary/aromatic N) is 2. The van der Waals surface area contributed by atoms with Gasteiger partial charge in [-0.25, -0.2) is 9.37 Å². The van der Waals surface area contributed by atoms with Gasteiger partial charge in [0.25, 0.3) is 5.56 Å². The molecule has 0 bridgehead atoms. The van der Waals surface area contributed by atoms with E-state index in [4.69, 9.17) is 0 Å². The lowest BCUT2D eigenvalue weighted by Crippen LogP contribution is -2.27. The summed E-state index contributed by atoms with van der Waals surface area (Å²) in [6.45, 7) is 1.52. The van der Waals surface area contributed by atoms with Crippen molar-refractivity contribution in [2.45, 2.75) is 13.5 Å². The maximum Gasteiger partial charge on any atom is 0.262 e. The van der Waals surface area contributed by atoms with Crippen molar-refractivity contribution in [2.75, 3.05) is 5.32 Å². The van der Waals surface area contributed by atoms with Crippen molar-refractivity contribution in [1.29, 1.82) is 0 Å². The van der Waals surface area contributed by atoms with Gasteiger partial charge in [-0.1, -0.05) is 36.4 Å². The maximum atomic E-state index is 13.9. The molecule has 0 aliphatic rings. The standard InChI is InChI=1S/C21H16FN3O2S/c1-13-7-8-17(16(22)9-13)24-19(26)11-25-12-23-20-15(21(25)27)10-18(28-20)14-5-3-2-4-6-14/h2-10,12H,11H2,1H3,(H,24,26). The number of thiophene rings is 1. The number of amides is 1. The summed E-state index contributed by atoms with van der Waals surface area (Å²) in [7, 11) is 0. The number of anilines is 1. The molecule has 28 heavy (non-hydrogen) atoms. The molecule has 2 aromatic heterocycles. The number of carbonyl (C=O) groups is 1.